The molecule has 0 N–H and O–H groups in total. The first kappa shape index (κ1) is 16.5. The summed E-state index contributed by atoms with van der Waals surface area (Å²) in [5, 5.41) is 6.20. The maximum atomic E-state index is 11.1. The minimum atomic E-state index is 0.601. The van der Waals surface area contributed by atoms with Gasteiger partial charge in [0.2, 0.25) is 0 Å². The first-order chi connectivity index (χ1) is 12.7. The molecule has 0 aliphatic carbocycles. The molecule has 0 aliphatic rings. The van der Waals surface area contributed by atoms with Gasteiger partial charge in [0.25, 0.3) is 0 Å². The summed E-state index contributed by atoms with van der Waals surface area (Å²) < 4.78 is 7.19. The van der Waals surface area contributed by atoms with Crippen LogP contribution in [0.1, 0.15) is 21.7 Å². The van der Waals surface area contributed by atoms with Crippen LogP contribution in [0.3, 0.4) is 0 Å². The third-order valence-electron chi connectivity index (χ3n) is 4.05. The third-order valence-corrected chi connectivity index (χ3v) is 5.03. The number of hydrogen-bond donors (Lipinski definition) is 0. The van der Waals surface area contributed by atoms with Crippen molar-refractivity contribution < 1.29 is 9.53 Å². The van der Waals surface area contributed by atoms with E-state index in [1.54, 1.807) is 17.7 Å². The summed E-state index contributed by atoms with van der Waals surface area (Å²) in [5.74, 6) is 2.05. The van der Waals surface area contributed by atoms with Gasteiger partial charge < -0.3 is 4.74 Å². The van der Waals surface area contributed by atoms with Crippen LogP contribution in [0.2, 0.25) is 0 Å². The topological polar surface area (TPSA) is 69.4 Å². The number of aryl methyl sites for hydroxylation is 1. The van der Waals surface area contributed by atoms with Crippen molar-refractivity contribution in [2.45, 2.75) is 17.8 Å². The van der Waals surface area contributed by atoms with E-state index in [1.165, 1.54) is 11.8 Å². The lowest BCUT2D eigenvalue weighted by Gasteiger charge is -2.10. The summed E-state index contributed by atoms with van der Waals surface area (Å²) in [6, 6.07) is 13.3. The molecule has 0 unspecified atom stereocenters. The first-order valence-corrected chi connectivity index (χ1v) is 9.05. The van der Waals surface area contributed by atoms with Crippen molar-refractivity contribution in [3.05, 3.63) is 59.4 Å². The Morgan fingerprint density at radius 3 is 2.85 bits per heavy atom. The third kappa shape index (κ3) is 2.90. The fraction of sp³-hybridized carbons (Fsp3) is 0.158. The standard InChI is InChI=1S/C19H16N4O2S/c1-12-20-18-15-5-3-4-6-16(15)21-19(23(18)22-12)26-11-14-9-13(10-24)7-8-17(14)25-2/h3-10H,11H2,1-2H3. The van der Waals surface area contributed by atoms with Gasteiger partial charge in [0.1, 0.15) is 17.9 Å². The molecule has 0 spiro atoms. The minimum Gasteiger partial charge on any atom is -0.496 e. The molecule has 0 atom stereocenters. The summed E-state index contributed by atoms with van der Waals surface area (Å²) in [6.07, 6.45) is 0.834. The lowest BCUT2D eigenvalue weighted by molar-refractivity contribution is 0.112. The second-order valence-electron chi connectivity index (χ2n) is 5.78. The molecule has 26 heavy (non-hydrogen) atoms. The molecule has 0 saturated heterocycles. The molecule has 2 aromatic heterocycles. The lowest BCUT2D eigenvalue weighted by Crippen LogP contribution is -1.99. The van der Waals surface area contributed by atoms with E-state index in [1.807, 2.05) is 43.3 Å². The molecule has 0 saturated carbocycles. The second kappa shape index (κ2) is 6.76. The SMILES string of the molecule is COc1ccc(C=O)cc1CSc1nc2ccccc2c2nc(C)nn12. The lowest BCUT2D eigenvalue weighted by atomic mass is 10.1. The molecular formula is C19H16N4O2S. The highest BCUT2D eigenvalue weighted by molar-refractivity contribution is 7.98. The van der Waals surface area contributed by atoms with E-state index in [4.69, 9.17) is 9.72 Å². The van der Waals surface area contributed by atoms with Gasteiger partial charge in [-0.1, -0.05) is 23.9 Å². The molecule has 6 nitrogen and oxygen atoms in total. The van der Waals surface area contributed by atoms with Crippen molar-refractivity contribution >= 4 is 34.6 Å². The smallest absolute Gasteiger partial charge is 0.191 e. The van der Waals surface area contributed by atoms with Crippen molar-refractivity contribution in [1.29, 1.82) is 0 Å². The highest BCUT2D eigenvalue weighted by Crippen LogP contribution is 2.29. The monoisotopic (exact) mass is 364 g/mol. The molecule has 0 bridgehead atoms. The van der Waals surface area contributed by atoms with Crippen molar-refractivity contribution in [3.63, 3.8) is 0 Å². The summed E-state index contributed by atoms with van der Waals surface area (Å²) in [7, 11) is 1.62. The van der Waals surface area contributed by atoms with Crippen LogP contribution < -0.4 is 4.74 Å². The van der Waals surface area contributed by atoms with Gasteiger partial charge in [0, 0.05) is 22.3 Å². The molecule has 0 radical (unpaired) electrons. The zero-order chi connectivity index (χ0) is 18.1. The summed E-state index contributed by atoms with van der Waals surface area (Å²) in [5.41, 5.74) is 3.23. The normalized spacial score (nSPS) is 11.2. The quantitative estimate of drug-likeness (QED) is 0.305. The number of ether oxygens (including phenoxy) is 1. The molecule has 2 aromatic carbocycles. The Labute approximate surface area is 154 Å². The highest BCUT2D eigenvalue weighted by Gasteiger charge is 2.13. The Balaban J connectivity index is 1.76. The largest absolute Gasteiger partial charge is 0.496 e. The molecule has 4 rings (SSSR count). The number of methoxy groups -OCH3 is 1. The molecule has 0 fully saturated rings. The Bertz CT molecular complexity index is 1120. The summed E-state index contributed by atoms with van der Waals surface area (Å²) in [6.45, 7) is 1.87. The van der Waals surface area contributed by atoms with Crippen molar-refractivity contribution in [3.8, 4) is 5.75 Å². The van der Waals surface area contributed by atoms with Crippen LogP contribution in [0.25, 0.3) is 16.6 Å². The molecule has 0 aliphatic heterocycles. The van der Waals surface area contributed by atoms with Gasteiger partial charge in [0.05, 0.1) is 12.6 Å². The van der Waals surface area contributed by atoms with Gasteiger partial charge in [-0.25, -0.2) is 9.97 Å². The van der Waals surface area contributed by atoms with E-state index in [-0.39, 0.29) is 0 Å². The van der Waals surface area contributed by atoms with Gasteiger partial charge in [0.15, 0.2) is 10.8 Å². The van der Waals surface area contributed by atoms with Crippen LogP contribution in [0.4, 0.5) is 0 Å². The number of para-hydroxylation sites is 1. The van der Waals surface area contributed by atoms with Crippen molar-refractivity contribution in [2.75, 3.05) is 7.11 Å². The Morgan fingerprint density at radius 1 is 1.19 bits per heavy atom. The highest BCUT2D eigenvalue weighted by atomic mass is 32.2. The first-order valence-electron chi connectivity index (χ1n) is 8.06. The van der Waals surface area contributed by atoms with Crippen molar-refractivity contribution in [1.82, 2.24) is 19.6 Å². The van der Waals surface area contributed by atoms with Crippen LogP contribution in [0.5, 0.6) is 5.75 Å². The number of carbonyl (C=O) groups is 1. The Hall–Kier alpha value is -2.93. The summed E-state index contributed by atoms with van der Waals surface area (Å²) in [4.78, 5) is 20.4. The van der Waals surface area contributed by atoms with E-state index in [0.29, 0.717) is 17.1 Å². The maximum Gasteiger partial charge on any atom is 0.191 e. The van der Waals surface area contributed by atoms with E-state index in [2.05, 4.69) is 10.1 Å². The number of aldehydes is 1. The number of aromatic nitrogens is 4. The maximum absolute atomic E-state index is 11.1. The number of carbonyl (C=O) groups excluding carboxylic acids is 1. The number of nitrogens with zero attached hydrogens (tertiary/aromatic N) is 4. The predicted molar refractivity (Wildman–Crippen MR) is 101 cm³/mol. The number of hydrogen-bond acceptors (Lipinski definition) is 6. The second-order valence-corrected chi connectivity index (χ2v) is 6.73. The average molecular weight is 364 g/mol. The number of thioether (sulfide) groups is 1. The number of benzene rings is 2. The molecule has 0 amide bonds. The van der Waals surface area contributed by atoms with E-state index in [0.717, 1.165) is 39.3 Å². The molecule has 130 valence electrons. The number of rotatable bonds is 5. The van der Waals surface area contributed by atoms with Crippen molar-refractivity contribution in [2.24, 2.45) is 0 Å². The van der Waals surface area contributed by atoms with Gasteiger partial charge >= 0.3 is 0 Å². The van der Waals surface area contributed by atoms with Gasteiger partial charge in [-0.2, -0.15) is 4.52 Å². The average Bonchev–Trinajstić information content (AvgIpc) is 3.07. The van der Waals surface area contributed by atoms with Crippen LogP contribution in [-0.2, 0) is 5.75 Å². The van der Waals surface area contributed by atoms with Crippen LogP contribution >= 0.6 is 11.8 Å². The number of fused-ring (bicyclic) bond motifs is 3. The Morgan fingerprint density at radius 2 is 2.04 bits per heavy atom. The Kier molecular flexibility index (Phi) is 4.30. The van der Waals surface area contributed by atoms with E-state index < -0.39 is 0 Å². The van der Waals surface area contributed by atoms with Crippen LogP contribution in [0.15, 0.2) is 47.6 Å². The zero-order valence-electron chi connectivity index (χ0n) is 14.3. The molecular weight excluding hydrogens is 348 g/mol. The molecule has 4 aromatic rings. The van der Waals surface area contributed by atoms with Gasteiger partial charge in [-0.3, -0.25) is 4.79 Å². The zero-order valence-corrected chi connectivity index (χ0v) is 15.2. The van der Waals surface area contributed by atoms with Crippen LogP contribution in [-0.4, -0.2) is 33.0 Å². The predicted octanol–water partition coefficient (Wildman–Crippen LogP) is 3.70. The van der Waals surface area contributed by atoms with E-state index >= 15 is 0 Å². The fourth-order valence-corrected chi connectivity index (χ4v) is 3.78. The summed E-state index contributed by atoms with van der Waals surface area (Å²) >= 11 is 1.53. The van der Waals surface area contributed by atoms with Gasteiger partial charge in [-0.05, 0) is 37.3 Å². The van der Waals surface area contributed by atoms with E-state index in [9.17, 15) is 4.79 Å². The van der Waals surface area contributed by atoms with Gasteiger partial charge in [-0.15, -0.1) is 5.10 Å². The van der Waals surface area contributed by atoms with Crippen LogP contribution in [0, 0.1) is 6.92 Å². The molecule has 7 heteroatoms. The minimum absolute atomic E-state index is 0.601. The fourth-order valence-electron chi connectivity index (χ4n) is 2.85. The molecule has 2 heterocycles.